The van der Waals surface area contributed by atoms with Crippen molar-refractivity contribution < 1.29 is 8.42 Å². The maximum atomic E-state index is 13.5. The van der Waals surface area contributed by atoms with Crippen molar-refractivity contribution in [3.63, 3.8) is 0 Å². The zero-order valence-electron chi connectivity index (χ0n) is 19.3. The first-order chi connectivity index (χ1) is 17.5. The van der Waals surface area contributed by atoms with Gasteiger partial charge >= 0.3 is 0 Å². The van der Waals surface area contributed by atoms with Gasteiger partial charge in [0.15, 0.2) is 11.5 Å². The monoisotopic (exact) mass is 515 g/mol. The maximum absolute atomic E-state index is 13.5. The predicted molar refractivity (Wildman–Crippen MR) is 138 cm³/mol. The summed E-state index contributed by atoms with van der Waals surface area (Å²) in [5, 5.41) is 21.3. The van der Waals surface area contributed by atoms with E-state index < -0.39 is 10.0 Å². The second kappa shape index (κ2) is 8.67. The van der Waals surface area contributed by atoms with E-state index in [1.807, 2.05) is 59.2 Å². The van der Waals surface area contributed by atoms with Crippen LogP contribution in [-0.4, -0.2) is 58.0 Å². The van der Waals surface area contributed by atoms with Crippen LogP contribution in [0.2, 0.25) is 0 Å². The standard InChI is InChI=1S/C25H21N7O2S2/c1-17-16-30(12-13-31(17)36(33,34)22-11-5-2-7-18(22)15-26)25-27-20-9-4-3-8-19(20)23-28-29-24(32(23)25)21-10-6-14-35-21/h2-11,14,17H,12-13,16H2,1H3/t17-/m0/s1. The summed E-state index contributed by atoms with van der Waals surface area (Å²) >= 11 is 1.58. The van der Waals surface area contributed by atoms with Crippen molar-refractivity contribution in [1.82, 2.24) is 23.9 Å². The molecule has 0 amide bonds. The molecule has 1 saturated heterocycles. The van der Waals surface area contributed by atoms with E-state index in [0.717, 1.165) is 15.8 Å². The second-order valence-electron chi connectivity index (χ2n) is 8.61. The number of anilines is 1. The molecule has 1 aliphatic heterocycles. The third-order valence-corrected chi connectivity index (χ3v) is 9.35. The van der Waals surface area contributed by atoms with Crippen LogP contribution < -0.4 is 4.90 Å². The molecule has 0 saturated carbocycles. The summed E-state index contributed by atoms with van der Waals surface area (Å²) in [4.78, 5) is 8.08. The van der Waals surface area contributed by atoms with E-state index in [2.05, 4.69) is 15.1 Å². The quantitative estimate of drug-likeness (QED) is 0.358. The van der Waals surface area contributed by atoms with E-state index in [1.54, 1.807) is 23.5 Å². The van der Waals surface area contributed by atoms with Crippen LogP contribution in [0.1, 0.15) is 12.5 Å². The first-order valence-electron chi connectivity index (χ1n) is 11.4. The van der Waals surface area contributed by atoms with Gasteiger partial charge in [-0.25, -0.2) is 17.8 Å². The number of piperazine rings is 1. The Hall–Kier alpha value is -3.85. The number of sulfonamides is 1. The number of nitrogens with zero attached hydrogens (tertiary/aromatic N) is 7. The molecule has 180 valence electrons. The van der Waals surface area contributed by atoms with Crippen LogP contribution in [0.25, 0.3) is 27.3 Å². The maximum Gasteiger partial charge on any atom is 0.244 e. The molecule has 0 bridgehead atoms. The number of aromatic nitrogens is 4. The number of hydrogen-bond acceptors (Lipinski definition) is 8. The highest BCUT2D eigenvalue weighted by molar-refractivity contribution is 7.89. The third kappa shape index (κ3) is 3.53. The molecule has 1 fully saturated rings. The van der Waals surface area contributed by atoms with Crippen LogP contribution >= 0.6 is 11.3 Å². The Morgan fingerprint density at radius 2 is 1.83 bits per heavy atom. The van der Waals surface area contributed by atoms with Gasteiger partial charge in [0.1, 0.15) is 6.07 Å². The third-order valence-electron chi connectivity index (χ3n) is 6.41. The molecule has 2 aromatic carbocycles. The van der Waals surface area contributed by atoms with Crippen LogP contribution in [-0.2, 0) is 10.0 Å². The molecular weight excluding hydrogens is 494 g/mol. The average Bonchev–Trinajstić information content (AvgIpc) is 3.58. The highest BCUT2D eigenvalue weighted by atomic mass is 32.2. The molecule has 1 aliphatic rings. The lowest BCUT2D eigenvalue weighted by Gasteiger charge is -2.39. The molecule has 36 heavy (non-hydrogen) atoms. The van der Waals surface area contributed by atoms with E-state index in [-0.39, 0.29) is 23.0 Å². The molecule has 0 unspecified atom stereocenters. The zero-order valence-corrected chi connectivity index (χ0v) is 20.9. The van der Waals surface area contributed by atoms with Crippen molar-refractivity contribution in [2.24, 2.45) is 0 Å². The van der Waals surface area contributed by atoms with Crippen molar-refractivity contribution in [1.29, 1.82) is 5.26 Å². The van der Waals surface area contributed by atoms with Gasteiger partial charge in [-0.3, -0.25) is 0 Å². The Labute approximate surface area is 211 Å². The Bertz CT molecular complexity index is 1740. The van der Waals surface area contributed by atoms with Crippen LogP contribution in [0.5, 0.6) is 0 Å². The lowest BCUT2D eigenvalue weighted by atomic mass is 10.2. The Balaban J connectivity index is 1.42. The SMILES string of the molecule is C[C@H]1CN(c2nc3ccccc3c3nnc(-c4cccs4)n23)CCN1S(=O)(=O)c1ccccc1C#N. The number of thiophene rings is 1. The van der Waals surface area contributed by atoms with E-state index in [4.69, 9.17) is 4.98 Å². The number of rotatable bonds is 4. The zero-order chi connectivity index (χ0) is 24.9. The van der Waals surface area contributed by atoms with Gasteiger partial charge in [-0.05, 0) is 42.6 Å². The number of nitriles is 1. The molecule has 4 heterocycles. The summed E-state index contributed by atoms with van der Waals surface area (Å²) in [5.41, 5.74) is 1.66. The molecule has 0 aliphatic carbocycles. The van der Waals surface area contributed by atoms with Gasteiger partial charge in [0.05, 0.1) is 20.9 Å². The number of fused-ring (bicyclic) bond motifs is 3. The molecule has 0 N–H and O–H groups in total. The molecule has 11 heteroatoms. The fourth-order valence-electron chi connectivity index (χ4n) is 4.73. The fourth-order valence-corrected chi connectivity index (χ4v) is 7.19. The fraction of sp³-hybridized carbons (Fsp3) is 0.200. The van der Waals surface area contributed by atoms with E-state index in [1.165, 1.54) is 16.4 Å². The Morgan fingerprint density at radius 1 is 1.03 bits per heavy atom. The average molecular weight is 516 g/mol. The van der Waals surface area contributed by atoms with Crippen LogP contribution in [0.4, 0.5) is 5.95 Å². The normalized spacial score (nSPS) is 17.0. The Morgan fingerprint density at radius 3 is 2.61 bits per heavy atom. The molecule has 0 radical (unpaired) electrons. The van der Waals surface area contributed by atoms with Gasteiger partial charge in [-0.15, -0.1) is 21.5 Å². The predicted octanol–water partition coefficient (Wildman–Crippen LogP) is 3.78. The molecule has 0 spiro atoms. The summed E-state index contributed by atoms with van der Waals surface area (Å²) in [6.07, 6.45) is 0. The molecule has 5 aromatic rings. The van der Waals surface area contributed by atoms with Crippen LogP contribution in [0, 0.1) is 11.3 Å². The summed E-state index contributed by atoms with van der Waals surface area (Å²) in [5.74, 6) is 1.39. The van der Waals surface area contributed by atoms with Gasteiger partial charge in [0, 0.05) is 31.1 Å². The summed E-state index contributed by atoms with van der Waals surface area (Å²) < 4.78 is 30.4. The lowest BCUT2D eigenvalue weighted by molar-refractivity contribution is 0.304. The van der Waals surface area contributed by atoms with Crippen LogP contribution in [0.15, 0.2) is 70.9 Å². The largest absolute Gasteiger partial charge is 0.339 e. The van der Waals surface area contributed by atoms with Gasteiger partial charge < -0.3 is 4.90 Å². The second-order valence-corrected chi connectivity index (χ2v) is 11.4. The topological polar surface area (TPSA) is 107 Å². The Kier molecular flexibility index (Phi) is 5.44. The first kappa shape index (κ1) is 22.6. The van der Waals surface area contributed by atoms with E-state index in [9.17, 15) is 13.7 Å². The van der Waals surface area contributed by atoms with Crippen LogP contribution in [0.3, 0.4) is 0 Å². The highest BCUT2D eigenvalue weighted by Gasteiger charge is 2.36. The highest BCUT2D eigenvalue weighted by Crippen LogP contribution is 2.32. The van der Waals surface area contributed by atoms with Crippen molar-refractivity contribution in [2.75, 3.05) is 24.5 Å². The molecule has 9 nitrogen and oxygen atoms in total. The smallest absolute Gasteiger partial charge is 0.244 e. The minimum Gasteiger partial charge on any atom is -0.339 e. The lowest BCUT2D eigenvalue weighted by Crippen LogP contribution is -2.54. The van der Waals surface area contributed by atoms with Crippen molar-refractivity contribution >= 4 is 43.9 Å². The molecule has 6 rings (SSSR count). The van der Waals surface area contributed by atoms with Crippen molar-refractivity contribution in [3.05, 3.63) is 71.6 Å². The molecule has 3 aromatic heterocycles. The minimum absolute atomic E-state index is 0.0396. The minimum atomic E-state index is -3.84. The molecular formula is C25H21N7O2S2. The van der Waals surface area contributed by atoms with Gasteiger partial charge in [-0.2, -0.15) is 9.57 Å². The first-order valence-corrected chi connectivity index (χ1v) is 13.7. The van der Waals surface area contributed by atoms with Gasteiger partial charge in [-0.1, -0.05) is 30.3 Å². The summed E-state index contributed by atoms with van der Waals surface area (Å²) in [6.45, 7) is 3.00. The number of para-hydroxylation sites is 1. The van der Waals surface area contributed by atoms with E-state index in [0.29, 0.717) is 30.5 Å². The number of hydrogen-bond donors (Lipinski definition) is 0. The van der Waals surface area contributed by atoms with Gasteiger partial charge in [0.2, 0.25) is 16.0 Å². The van der Waals surface area contributed by atoms with Gasteiger partial charge in [0.25, 0.3) is 0 Å². The number of benzene rings is 2. The van der Waals surface area contributed by atoms with Crippen molar-refractivity contribution in [3.8, 4) is 16.8 Å². The van der Waals surface area contributed by atoms with E-state index >= 15 is 0 Å². The van der Waals surface area contributed by atoms with Crippen molar-refractivity contribution in [2.45, 2.75) is 17.9 Å². The summed E-state index contributed by atoms with van der Waals surface area (Å²) in [7, 11) is -3.84. The molecule has 1 atom stereocenters. The summed E-state index contributed by atoms with van der Waals surface area (Å²) in [6, 6.07) is 19.8.